The van der Waals surface area contributed by atoms with Crippen molar-refractivity contribution in [3.63, 3.8) is 0 Å². The zero-order chi connectivity index (χ0) is 13.7. The van der Waals surface area contributed by atoms with E-state index in [9.17, 15) is 0 Å². The van der Waals surface area contributed by atoms with Crippen LogP contribution in [0.3, 0.4) is 0 Å². The normalized spacial score (nSPS) is 15.7. The van der Waals surface area contributed by atoms with Crippen LogP contribution >= 0.6 is 24.0 Å². The lowest BCUT2D eigenvalue weighted by molar-refractivity contribution is 0.0674. The van der Waals surface area contributed by atoms with Gasteiger partial charge >= 0.3 is 0 Å². The van der Waals surface area contributed by atoms with Gasteiger partial charge in [0.15, 0.2) is 5.96 Å². The second kappa shape index (κ2) is 8.31. The maximum Gasteiger partial charge on any atom is 0.191 e. The van der Waals surface area contributed by atoms with Crippen molar-refractivity contribution in [2.45, 2.75) is 13.5 Å². The molecule has 0 aliphatic carbocycles. The summed E-state index contributed by atoms with van der Waals surface area (Å²) in [5, 5.41) is 0. The Morgan fingerprint density at radius 2 is 2.10 bits per heavy atom. The van der Waals surface area contributed by atoms with Crippen molar-refractivity contribution in [3.05, 3.63) is 29.3 Å². The van der Waals surface area contributed by atoms with E-state index in [2.05, 4.69) is 16.0 Å². The van der Waals surface area contributed by atoms with Gasteiger partial charge in [0.05, 0.1) is 26.9 Å². The second-order valence-electron chi connectivity index (χ2n) is 4.58. The lowest BCUT2D eigenvalue weighted by atomic mass is 10.1. The molecular formula is C14H22IN3O2. The van der Waals surface area contributed by atoms with Crippen molar-refractivity contribution in [1.29, 1.82) is 0 Å². The predicted octanol–water partition coefficient (Wildman–Crippen LogP) is 1.77. The van der Waals surface area contributed by atoms with Crippen LogP contribution in [-0.4, -0.2) is 44.3 Å². The van der Waals surface area contributed by atoms with Crippen molar-refractivity contribution in [2.24, 2.45) is 10.7 Å². The number of methoxy groups -OCH3 is 1. The molecule has 0 atom stereocenters. The molecular weight excluding hydrogens is 369 g/mol. The van der Waals surface area contributed by atoms with Gasteiger partial charge in [-0.05, 0) is 24.1 Å². The minimum Gasteiger partial charge on any atom is -0.496 e. The third kappa shape index (κ3) is 4.52. The van der Waals surface area contributed by atoms with Crippen LogP contribution in [0, 0.1) is 6.92 Å². The van der Waals surface area contributed by atoms with Crippen molar-refractivity contribution in [2.75, 3.05) is 33.4 Å². The first-order chi connectivity index (χ1) is 9.20. The Balaban J connectivity index is 0.00000200. The standard InChI is InChI=1S/C14H21N3O2.HI/c1-11-9-12(3-4-13(11)18-2)10-16-14(15)17-5-7-19-8-6-17;/h3-4,9H,5-8,10H2,1-2H3,(H2,15,16);1H. The molecule has 112 valence electrons. The summed E-state index contributed by atoms with van der Waals surface area (Å²) in [5.74, 6) is 1.49. The number of guanidine groups is 1. The van der Waals surface area contributed by atoms with Gasteiger partial charge in [-0.2, -0.15) is 0 Å². The molecule has 0 spiro atoms. The van der Waals surface area contributed by atoms with Gasteiger partial charge in [0, 0.05) is 13.1 Å². The molecule has 2 rings (SSSR count). The van der Waals surface area contributed by atoms with E-state index in [1.165, 1.54) is 0 Å². The summed E-state index contributed by atoms with van der Waals surface area (Å²) in [6.07, 6.45) is 0. The SMILES string of the molecule is COc1ccc(CN=C(N)N2CCOCC2)cc1C.I. The third-order valence-corrected chi connectivity index (χ3v) is 3.22. The van der Waals surface area contributed by atoms with Gasteiger partial charge in [-0.25, -0.2) is 4.99 Å². The lowest BCUT2D eigenvalue weighted by Gasteiger charge is -2.27. The minimum atomic E-state index is 0. The second-order valence-corrected chi connectivity index (χ2v) is 4.58. The van der Waals surface area contributed by atoms with E-state index < -0.39 is 0 Å². The number of aryl methyl sites for hydroxylation is 1. The summed E-state index contributed by atoms with van der Waals surface area (Å²) in [6, 6.07) is 6.06. The number of nitrogens with zero attached hydrogens (tertiary/aromatic N) is 2. The molecule has 1 aliphatic heterocycles. The first-order valence-electron chi connectivity index (χ1n) is 6.47. The van der Waals surface area contributed by atoms with Gasteiger partial charge < -0.3 is 20.1 Å². The fourth-order valence-corrected chi connectivity index (χ4v) is 2.10. The fourth-order valence-electron chi connectivity index (χ4n) is 2.10. The molecule has 1 heterocycles. The Hall–Kier alpha value is -1.02. The Kier molecular flexibility index (Phi) is 7.08. The van der Waals surface area contributed by atoms with Gasteiger partial charge in [-0.3, -0.25) is 0 Å². The lowest BCUT2D eigenvalue weighted by Crippen LogP contribution is -2.44. The molecule has 1 aromatic rings. The van der Waals surface area contributed by atoms with Crippen LogP contribution in [0.1, 0.15) is 11.1 Å². The van der Waals surface area contributed by atoms with Crippen LogP contribution in [0.5, 0.6) is 5.75 Å². The molecule has 20 heavy (non-hydrogen) atoms. The van der Waals surface area contributed by atoms with Crippen LogP contribution in [0.25, 0.3) is 0 Å². The van der Waals surface area contributed by atoms with Crippen molar-refractivity contribution in [1.82, 2.24) is 4.90 Å². The van der Waals surface area contributed by atoms with E-state index in [0.717, 1.165) is 43.2 Å². The van der Waals surface area contributed by atoms with E-state index >= 15 is 0 Å². The monoisotopic (exact) mass is 391 g/mol. The summed E-state index contributed by atoms with van der Waals surface area (Å²) in [7, 11) is 1.68. The summed E-state index contributed by atoms with van der Waals surface area (Å²) in [4.78, 5) is 6.49. The van der Waals surface area contributed by atoms with Crippen LogP contribution in [0.15, 0.2) is 23.2 Å². The molecule has 1 aliphatic rings. The van der Waals surface area contributed by atoms with E-state index in [1.807, 2.05) is 19.1 Å². The Labute approximate surface area is 137 Å². The Morgan fingerprint density at radius 1 is 1.40 bits per heavy atom. The quantitative estimate of drug-likeness (QED) is 0.485. The zero-order valence-corrected chi connectivity index (χ0v) is 14.3. The van der Waals surface area contributed by atoms with E-state index in [-0.39, 0.29) is 24.0 Å². The highest BCUT2D eigenvalue weighted by molar-refractivity contribution is 14.0. The van der Waals surface area contributed by atoms with E-state index in [4.69, 9.17) is 15.2 Å². The Bertz CT molecular complexity index is 460. The van der Waals surface area contributed by atoms with Gasteiger partial charge in [-0.1, -0.05) is 12.1 Å². The molecule has 0 unspecified atom stereocenters. The fraction of sp³-hybridized carbons (Fsp3) is 0.500. The maximum atomic E-state index is 5.99. The molecule has 0 saturated carbocycles. The molecule has 1 aromatic carbocycles. The number of halogens is 1. The molecule has 0 bridgehead atoms. The molecule has 6 heteroatoms. The van der Waals surface area contributed by atoms with E-state index in [0.29, 0.717) is 12.5 Å². The number of aliphatic imine (C=N–C) groups is 1. The number of hydrogen-bond acceptors (Lipinski definition) is 3. The number of benzene rings is 1. The highest BCUT2D eigenvalue weighted by atomic mass is 127. The number of ether oxygens (including phenoxy) is 2. The predicted molar refractivity (Wildman–Crippen MR) is 90.9 cm³/mol. The summed E-state index contributed by atoms with van der Waals surface area (Å²) < 4.78 is 10.5. The number of morpholine rings is 1. The average Bonchev–Trinajstić information content (AvgIpc) is 2.46. The van der Waals surface area contributed by atoms with Crippen LogP contribution in [0.2, 0.25) is 0 Å². The molecule has 5 nitrogen and oxygen atoms in total. The average molecular weight is 391 g/mol. The van der Waals surface area contributed by atoms with Gasteiger partial charge in [0.1, 0.15) is 5.75 Å². The first-order valence-corrected chi connectivity index (χ1v) is 6.47. The molecule has 0 radical (unpaired) electrons. The van der Waals surface area contributed by atoms with Crippen LogP contribution in [0.4, 0.5) is 0 Å². The topological polar surface area (TPSA) is 60.1 Å². The molecule has 0 amide bonds. The summed E-state index contributed by atoms with van der Waals surface area (Å²) in [6.45, 7) is 5.69. The molecule has 1 fully saturated rings. The van der Waals surface area contributed by atoms with Crippen LogP contribution < -0.4 is 10.5 Å². The van der Waals surface area contributed by atoms with Crippen molar-refractivity contribution >= 4 is 29.9 Å². The van der Waals surface area contributed by atoms with E-state index in [1.54, 1.807) is 7.11 Å². The third-order valence-electron chi connectivity index (χ3n) is 3.22. The van der Waals surface area contributed by atoms with Crippen LogP contribution in [-0.2, 0) is 11.3 Å². The molecule has 2 N–H and O–H groups in total. The summed E-state index contributed by atoms with van der Waals surface area (Å²) >= 11 is 0. The molecule has 0 aromatic heterocycles. The highest BCUT2D eigenvalue weighted by Gasteiger charge is 2.11. The zero-order valence-electron chi connectivity index (χ0n) is 12.0. The highest BCUT2D eigenvalue weighted by Crippen LogP contribution is 2.18. The molecule has 1 saturated heterocycles. The van der Waals surface area contributed by atoms with Gasteiger partial charge in [0.2, 0.25) is 0 Å². The minimum absolute atomic E-state index is 0. The van der Waals surface area contributed by atoms with Crippen molar-refractivity contribution in [3.8, 4) is 5.75 Å². The Morgan fingerprint density at radius 3 is 2.70 bits per heavy atom. The maximum absolute atomic E-state index is 5.99. The number of rotatable bonds is 3. The van der Waals surface area contributed by atoms with Gasteiger partial charge in [0.25, 0.3) is 0 Å². The number of hydrogen-bond donors (Lipinski definition) is 1. The van der Waals surface area contributed by atoms with Gasteiger partial charge in [-0.15, -0.1) is 24.0 Å². The smallest absolute Gasteiger partial charge is 0.191 e. The number of nitrogens with two attached hydrogens (primary N) is 1. The largest absolute Gasteiger partial charge is 0.496 e. The summed E-state index contributed by atoms with van der Waals surface area (Å²) in [5.41, 5.74) is 8.23. The first kappa shape index (κ1) is 17.0. The van der Waals surface area contributed by atoms with Crippen molar-refractivity contribution < 1.29 is 9.47 Å².